The summed E-state index contributed by atoms with van der Waals surface area (Å²) in [5.74, 6) is 0. The molecule has 76 valence electrons. The molecule has 0 heterocycles. The van der Waals surface area contributed by atoms with Crippen molar-refractivity contribution in [1.29, 1.82) is 0 Å². The second kappa shape index (κ2) is 6.08. The van der Waals surface area contributed by atoms with Crippen molar-refractivity contribution in [2.24, 2.45) is 0 Å². The maximum atomic E-state index is 9.24. The summed E-state index contributed by atoms with van der Waals surface area (Å²) < 4.78 is 9.29. The van der Waals surface area contributed by atoms with Crippen molar-refractivity contribution in [3.8, 4) is 0 Å². The van der Waals surface area contributed by atoms with E-state index in [9.17, 15) is 4.89 Å². The van der Waals surface area contributed by atoms with Gasteiger partial charge in [-0.25, -0.2) is 0 Å². The van der Waals surface area contributed by atoms with E-state index in [0.717, 1.165) is 0 Å². The van der Waals surface area contributed by atoms with Crippen molar-refractivity contribution in [3.63, 3.8) is 0 Å². The number of hydrogen-bond acceptors (Lipinski definition) is 5. The molecule has 0 aromatic heterocycles. The van der Waals surface area contributed by atoms with Gasteiger partial charge in [-0.3, -0.25) is 0 Å². The van der Waals surface area contributed by atoms with Crippen LogP contribution in [0.1, 0.15) is 6.92 Å². The molecule has 0 amide bonds. The Labute approximate surface area is 83.3 Å². The average Bonchev–Trinajstić information content (AvgIpc) is 2.00. The molecule has 0 aliphatic rings. The van der Waals surface area contributed by atoms with Gasteiger partial charge in [0.05, 0.1) is 19.3 Å². The van der Waals surface area contributed by atoms with E-state index in [-0.39, 0.29) is 6.61 Å². The zero-order valence-electron chi connectivity index (χ0n) is 7.16. The Bertz CT molecular complexity index is 190. The molecule has 0 saturated carbocycles. The molecule has 13 heavy (non-hydrogen) atoms. The minimum Gasteiger partial charge on any atom is -0.395 e. The molecule has 0 fully saturated rings. The van der Waals surface area contributed by atoms with E-state index >= 15 is 0 Å². The predicted molar refractivity (Wildman–Crippen MR) is 51.8 cm³/mol. The molecule has 2 radical (unpaired) electrons. The fraction of sp³-hybridized carbons (Fsp3) is 1.00. The average molecular weight is 226 g/mol. The van der Waals surface area contributed by atoms with E-state index in [2.05, 4.69) is 20.9 Å². The van der Waals surface area contributed by atoms with Gasteiger partial charge in [0.25, 0.3) is 0 Å². The molecule has 0 aromatic rings. The lowest BCUT2D eigenvalue weighted by molar-refractivity contribution is 0.0884. The fourth-order valence-electron chi connectivity index (χ4n) is 0.437. The summed E-state index contributed by atoms with van der Waals surface area (Å²) in [6, 6.07) is -1.06. The van der Waals surface area contributed by atoms with Gasteiger partial charge in [0, 0.05) is 6.00 Å². The summed E-state index contributed by atoms with van der Waals surface area (Å²) in [5.41, 5.74) is 0. The fourth-order valence-corrected chi connectivity index (χ4v) is 1.82. The van der Waals surface area contributed by atoms with Crippen LogP contribution in [0.25, 0.3) is 0 Å². The summed E-state index contributed by atoms with van der Waals surface area (Å²) in [4.78, 5) is 9.24. The van der Waals surface area contributed by atoms with Gasteiger partial charge < -0.3 is 24.2 Å². The van der Waals surface area contributed by atoms with Crippen molar-refractivity contribution < 1.29 is 24.2 Å². The van der Waals surface area contributed by atoms with Gasteiger partial charge in [-0.1, -0.05) is 0 Å². The Hall–Kier alpha value is 0.515. The third kappa shape index (κ3) is 7.58. The first-order chi connectivity index (χ1) is 5.87. The van der Waals surface area contributed by atoms with Gasteiger partial charge in [-0.2, -0.15) is 0 Å². The lowest BCUT2D eigenvalue weighted by Crippen LogP contribution is -2.18. The van der Waals surface area contributed by atoms with E-state index in [0.29, 0.717) is 0 Å². The SMILES string of the molecule is [B]C(CO)OP(O)(=S)OCC(C)O. The van der Waals surface area contributed by atoms with Crippen LogP contribution in [-0.4, -0.2) is 48.3 Å². The van der Waals surface area contributed by atoms with E-state index in [1.54, 1.807) is 0 Å². The summed E-state index contributed by atoms with van der Waals surface area (Å²) >= 11 is 4.52. The van der Waals surface area contributed by atoms with E-state index < -0.39 is 25.4 Å². The molecule has 8 heteroatoms. The highest BCUT2D eigenvalue weighted by Gasteiger charge is 2.18. The first kappa shape index (κ1) is 13.5. The van der Waals surface area contributed by atoms with Crippen LogP contribution in [0.4, 0.5) is 0 Å². The molecule has 0 aromatic carbocycles. The number of rotatable bonds is 6. The Balaban J connectivity index is 3.87. The molecule has 0 spiro atoms. The topological polar surface area (TPSA) is 79.2 Å². The smallest absolute Gasteiger partial charge is 0.324 e. The van der Waals surface area contributed by atoms with Gasteiger partial charge in [0.15, 0.2) is 0 Å². The van der Waals surface area contributed by atoms with Gasteiger partial charge in [0.1, 0.15) is 7.85 Å². The third-order valence-electron chi connectivity index (χ3n) is 0.927. The minimum atomic E-state index is -3.43. The van der Waals surface area contributed by atoms with Crippen molar-refractivity contribution >= 4 is 26.4 Å². The summed E-state index contributed by atoms with van der Waals surface area (Å²) in [6.45, 7) is -2.55. The predicted octanol–water partition coefficient (Wildman–Crippen LogP) is -0.896. The lowest BCUT2D eigenvalue weighted by Gasteiger charge is -2.20. The second-order valence-corrected chi connectivity index (χ2v) is 5.23. The van der Waals surface area contributed by atoms with Crippen molar-refractivity contribution in [1.82, 2.24) is 0 Å². The van der Waals surface area contributed by atoms with Crippen molar-refractivity contribution in [3.05, 3.63) is 0 Å². The minimum absolute atomic E-state index is 0.133. The van der Waals surface area contributed by atoms with Crippen molar-refractivity contribution in [2.75, 3.05) is 13.2 Å². The molecule has 0 rings (SSSR count). The Morgan fingerprint density at radius 2 is 2.15 bits per heavy atom. The van der Waals surface area contributed by atoms with E-state index in [1.165, 1.54) is 6.92 Å². The molecular weight excluding hydrogens is 214 g/mol. The van der Waals surface area contributed by atoms with Gasteiger partial charge >= 0.3 is 6.72 Å². The summed E-state index contributed by atoms with van der Waals surface area (Å²) in [6.07, 6.45) is -0.747. The lowest BCUT2D eigenvalue weighted by atomic mass is 10.0. The zero-order valence-corrected chi connectivity index (χ0v) is 8.87. The molecule has 0 saturated heterocycles. The largest absolute Gasteiger partial charge is 0.395 e. The van der Waals surface area contributed by atoms with Gasteiger partial charge in [0.2, 0.25) is 0 Å². The highest BCUT2D eigenvalue weighted by atomic mass is 32.5. The maximum absolute atomic E-state index is 9.24. The van der Waals surface area contributed by atoms with E-state index in [4.69, 9.17) is 18.1 Å². The molecular formula is C5H12BO5PS. The molecule has 5 nitrogen and oxygen atoms in total. The monoisotopic (exact) mass is 226 g/mol. The molecule has 3 unspecified atom stereocenters. The molecule has 3 atom stereocenters. The van der Waals surface area contributed by atoms with Crippen LogP contribution in [0, 0.1) is 0 Å². The second-order valence-electron chi connectivity index (χ2n) is 2.44. The first-order valence-electron chi connectivity index (χ1n) is 3.57. The third-order valence-corrected chi connectivity index (χ3v) is 2.51. The van der Waals surface area contributed by atoms with Crippen LogP contribution in [0.2, 0.25) is 0 Å². The van der Waals surface area contributed by atoms with Crippen LogP contribution in [-0.2, 0) is 20.9 Å². The van der Waals surface area contributed by atoms with Crippen LogP contribution in [0.15, 0.2) is 0 Å². The quantitative estimate of drug-likeness (QED) is 0.402. The van der Waals surface area contributed by atoms with Crippen LogP contribution in [0.5, 0.6) is 0 Å². The zero-order chi connectivity index (χ0) is 10.5. The highest BCUT2D eigenvalue weighted by Crippen LogP contribution is 2.44. The Kier molecular flexibility index (Phi) is 6.33. The number of aliphatic hydroxyl groups excluding tert-OH is 2. The van der Waals surface area contributed by atoms with Crippen LogP contribution < -0.4 is 0 Å². The summed E-state index contributed by atoms with van der Waals surface area (Å²) in [7, 11) is 5.15. The summed E-state index contributed by atoms with van der Waals surface area (Å²) in [5, 5.41) is 17.3. The molecule has 0 bridgehead atoms. The van der Waals surface area contributed by atoms with E-state index in [1.807, 2.05) is 0 Å². The van der Waals surface area contributed by atoms with Gasteiger partial charge in [-0.05, 0) is 18.7 Å². The number of aliphatic hydroxyl groups is 2. The Morgan fingerprint density at radius 1 is 1.62 bits per heavy atom. The Morgan fingerprint density at radius 3 is 2.54 bits per heavy atom. The molecule has 0 aliphatic heterocycles. The van der Waals surface area contributed by atoms with Crippen LogP contribution in [0.3, 0.4) is 0 Å². The molecule has 0 aliphatic carbocycles. The number of hydrogen-bond donors (Lipinski definition) is 3. The van der Waals surface area contributed by atoms with Gasteiger partial charge in [-0.15, -0.1) is 0 Å². The molecule has 3 N–H and O–H groups in total. The standard InChI is InChI=1S/C5H12BO5PS/c1-4(8)3-10-12(9,13)11-5(6)2-7/h4-5,7-8H,2-3H2,1H3,(H,9,13). The highest BCUT2D eigenvalue weighted by molar-refractivity contribution is 8.07. The van der Waals surface area contributed by atoms with Crippen molar-refractivity contribution in [2.45, 2.75) is 19.0 Å². The normalized spacial score (nSPS) is 20.6. The first-order valence-corrected chi connectivity index (χ1v) is 6.16. The maximum Gasteiger partial charge on any atom is 0.324 e. The van der Waals surface area contributed by atoms with Crippen LogP contribution >= 0.6 is 6.72 Å².